The normalized spacial score (nSPS) is 14.8. The summed E-state index contributed by atoms with van der Waals surface area (Å²) in [6.07, 6.45) is 1.68. The standard InChI is InChI=1S/C9H10ClN3O3/c10-6-5(8(14)15)7-11-3-1-2-4-13(7)9(16)12-6/h11H,1-4H2,(H,14,15). The molecule has 0 atom stereocenters. The van der Waals surface area contributed by atoms with Gasteiger partial charge in [-0.25, -0.2) is 9.59 Å². The number of carbonyl (C=O) groups is 1. The van der Waals surface area contributed by atoms with Crippen LogP contribution in [0.2, 0.25) is 5.15 Å². The van der Waals surface area contributed by atoms with Crippen LogP contribution >= 0.6 is 11.6 Å². The molecule has 0 saturated carbocycles. The van der Waals surface area contributed by atoms with Gasteiger partial charge in [0.1, 0.15) is 11.4 Å². The van der Waals surface area contributed by atoms with Crippen LogP contribution in [-0.4, -0.2) is 27.2 Å². The Kier molecular flexibility index (Phi) is 2.82. The monoisotopic (exact) mass is 243 g/mol. The van der Waals surface area contributed by atoms with Crippen LogP contribution in [0.25, 0.3) is 0 Å². The third-order valence-electron chi connectivity index (χ3n) is 2.45. The minimum atomic E-state index is -1.18. The third kappa shape index (κ3) is 1.76. The summed E-state index contributed by atoms with van der Waals surface area (Å²) in [6.45, 7) is 1.09. The molecule has 1 aromatic rings. The van der Waals surface area contributed by atoms with Gasteiger partial charge in [0.25, 0.3) is 0 Å². The van der Waals surface area contributed by atoms with Crippen molar-refractivity contribution >= 4 is 23.4 Å². The number of hydrogen-bond acceptors (Lipinski definition) is 4. The van der Waals surface area contributed by atoms with Crippen molar-refractivity contribution in [3.63, 3.8) is 0 Å². The highest BCUT2D eigenvalue weighted by molar-refractivity contribution is 6.32. The molecule has 2 heterocycles. The van der Waals surface area contributed by atoms with Crippen LogP contribution in [0, 0.1) is 0 Å². The van der Waals surface area contributed by atoms with Crippen LogP contribution < -0.4 is 11.0 Å². The number of nitrogens with one attached hydrogen (secondary N) is 1. The average molecular weight is 244 g/mol. The lowest BCUT2D eigenvalue weighted by Gasteiger charge is -2.12. The number of rotatable bonds is 1. The Morgan fingerprint density at radius 3 is 2.94 bits per heavy atom. The second kappa shape index (κ2) is 4.13. The number of aromatic carboxylic acids is 1. The van der Waals surface area contributed by atoms with Crippen LogP contribution in [0.3, 0.4) is 0 Å². The first kappa shape index (κ1) is 10.9. The number of halogens is 1. The fraction of sp³-hybridized carbons (Fsp3) is 0.444. The van der Waals surface area contributed by atoms with E-state index in [1.54, 1.807) is 0 Å². The Labute approximate surface area is 95.9 Å². The first-order chi connectivity index (χ1) is 7.61. The molecule has 1 aliphatic heterocycles. The lowest BCUT2D eigenvalue weighted by Crippen LogP contribution is -2.27. The number of carboxylic acid groups (broad SMARTS) is 1. The fourth-order valence-electron chi connectivity index (χ4n) is 1.71. The van der Waals surface area contributed by atoms with Crippen LogP contribution in [0.15, 0.2) is 4.79 Å². The second-order valence-electron chi connectivity index (χ2n) is 3.50. The van der Waals surface area contributed by atoms with E-state index in [0.717, 1.165) is 12.8 Å². The van der Waals surface area contributed by atoms with Gasteiger partial charge in [0.05, 0.1) is 0 Å². The molecule has 0 aliphatic carbocycles. The van der Waals surface area contributed by atoms with E-state index < -0.39 is 11.7 Å². The Morgan fingerprint density at radius 1 is 1.50 bits per heavy atom. The number of anilines is 1. The van der Waals surface area contributed by atoms with Crippen LogP contribution in [0.4, 0.5) is 5.82 Å². The summed E-state index contributed by atoms with van der Waals surface area (Å²) in [5, 5.41) is 11.7. The van der Waals surface area contributed by atoms with Gasteiger partial charge in [0, 0.05) is 13.1 Å². The maximum atomic E-state index is 11.5. The van der Waals surface area contributed by atoms with Gasteiger partial charge in [-0.1, -0.05) is 11.6 Å². The number of nitrogens with zero attached hydrogens (tertiary/aromatic N) is 2. The minimum absolute atomic E-state index is 0.136. The molecule has 0 spiro atoms. The summed E-state index contributed by atoms with van der Waals surface area (Å²) in [6, 6.07) is 0. The lowest BCUT2D eigenvalue weighted by atomic mass is 10.3. The van der Waals surface area contributed by atoms with Gasteiger partial charge in [-0.05, 0) is 12.8 Å². The van der Waals surface area contributed by atoms with Crippen LogP contribution in [-0.2, 0) is 6.54 Å². The second-order valence-corrected chi connectivity index (χ2v) is 3.86. The molecule has 0 fully saturated rings. The first-order valence-corrected chi connectivity index (χ1v) is 5.26. The molecule has 1 aromatic heterocycles. The molecule has 0 bridgehead atoms. The van der Waals surface area contributed by atoms with E-state index in [0.29, 0.717) is 13.1 Å². The largest absolute Gasteiger partial charge is 0.477 e. The van der Waals surface area contributed by atoms with E-state index in [-0.39, 0.29) is 16.5 Å². The van der Waals surface area contributed by atoms with Crippen molar-refractivity contribution < 1.29 is 9.90 Å². The molecular weight excluding hydrogens is 234 g/mol. The molecular formula is C9H10ClN3O3. The highest BCUT2D eigenvalue weighted by atomic mass is 35.5. The molecule has 0 unspecified atom stereocenters. The third-order valence-corrected chi connectivity index (χ3v) is 2.73. The van der Waals surface area contributed by atoms with Crippen molar-refractivity contribution in [2.24, 2.45) is 0 Å². The minimum Gasteiger partial charge on any atom is -0.477 e. The molecule has 6 nitrogen and oxygen atoms in total. The predicted molar refractivity (Wildman–Crippen MR) is 58.2 cm³/mol. The number of aromatic nitrogens is 2. The quantitative estimate of drug-likeness (QED) is 0.713. The van der Waals surface area contributed by atoms with Gasteiger partial charge >= 0.3 is 11.7 Å². The van der Waals surface area contributed by atoms with E-state index in [9.17, 15) is 9.59 Å². The summed E-state index contributed by atoms with van der Waals surface area (Å²) in [7, 11) is 0. The topological polar surface area (TPSA) is 84.2 Å². The summed E-state index contributed by atoms with van der Waals surface area (Å²) in [5.74, 6) is -0.925. The first-order valence-electron chi connectivity index (χ1n) is 4.89. The Bertz CT molecular complexity index is 498. The van der Waals surface area contributed by atoms with Gasteiger partial charge in [-0.3, -0.25) is 4.57 Å². The van der Waals surface area contributed by atoms with Crippen molar-refractivity contribution in [3.8, 4) is 0 Å². The van der Waals surface area contributed by atoms with Crippen molar-refractivity contribution in [3.05, 3.63) is 21.2 Å². The molecule has 2 rings (SSSR count). The Balaban J connectivity index is 2.70. The Morgan fingerprint density at radius 2 is 2.25 bits per heavy atom. The van der Waals surface area contributed by atoms with Gasteiger partial charge in [-0.15, -0.1) is 0 Å². The number of hydrogen-bond donors (Lipinski definition) is 2. The van der Waals surface area contributed by atoms with E-state index in [1.807, 2.05) is 0 Å². The van der Waals surface area contributed by atoms with E-state index in [1.165, 1.54) is 4.57 Å². The Hall–Kier alpha value is -1.56. The number of fused-ring (bicyclic) bond motifs is 1. The molecule has 1 aliphatic rings. The molecule has 86 valence electrons. The zero-order valence-corrected chi connectivity index (χ0v) is 9.12. The summed E-state index contributed by atoms with van der Waals surface area (Å²) >= 11 is 5.67. The zero-order valence-electron chi connectivity index (χ0n) is 8.36. The van der Waals surface area contributed by atoms with Crippen molar-refractivity contribution in [2.45, 2.75) is 19.4 Å². The maximum absolute atomic E-state index is 11.5. The van der Waals surface area contributed by atoms with E-state index >= 15 is 0 Å². The zero-order chi connectivity index (χ0) is 11.7. The van der Waals surface area contributed by atoms with Crippen LogP contribution in [0.5, 0.6) is 0 Å². The molecule has 7 heteroatoms. The molecule has 16 heavy (non-hydrogen) atoms. The summed E-state index contributed by atoms with van der Waals surface area (Å²) < 4.78 is 1.32. The van der Waals surface area contributed by atoms with Gasteiger partial charge in [-0.2, -0.15) is 4.98 Å². The van der Waals surface area contributed by atoms with E-state index in [2.05, 4.69) is 10.3 Å². The van der Waals surface area contributed by atoms with Gasteiger partial charge in [0.2, 0.25) is 0 Å². The molecule has 0 aromatic carbocycles. The van der Waals surface area contributed by atoms with E-state index in [4.69, 9.17) is 16.7 Å². The molecule has 0 saturated heterocycles. The summed E-state index contributed by atoms with van der Waals surface area (Å²) in [5.41, 5.74) is -0.650. The number of carboxylic acids is 1. The molecule has 2 N–H and O–H groups in total. The molecule has 0 radical (unpaired) electrons. The van der Waals surface area contributed by atoms with Crippen LogP contribution in [0.1, 0.15) is 23.2 Å². The lowest BCUT2D eigenvalue weighted by molar-refractivity contribution is 0.0696. The molecule has 0 amide bonds. The highest BCUT2D eigenvalue weighted by Crippen LogP contribution is 2.22. The average Bonchev–Trinajstić information content (AvgIpc) is 2.42. The van der Waals surface area contributed by atoms with Crippen molar-refractivity contribution in [2.75, 3.05) is 11.9 Å². The highest BCUT2D eigenvalue weighted by Gasteiger charge is 2.22. The fourth-order valence-corrected chi connectivity index (χ4v) is 1.95. The van der Waals surface area contributed by atoms with Crippen molar-refractivity contribution in [1.82, 2.24) is 9.55 Å². The SMILES string of the molecule is O=C(O)c1c(Cl)nc(=O)n2c1NCCCC2. The predicted octanol–water partition coefficient (Wildman–Crippen LogP) is 0.801. The van der Waals surface area contributed by atoms with Gasteiger partial charge in [0.15, 0.2) is 5.15 Å². The summed E-state index contributed by atoms with van der Waals surface area (Å²) in [4.78, 5) is 26.1. The smallest absolute Gasteiger partial charge is 0.350 e. The van der Waals surface area contributed by atoms with Gasteiger partial charge < -0.3 is 10.4 Å². The van der Waals surface area contributed by atoms with Crippen molar-refractivity contribution in [1.29, 1.82) is 0 Å². The maximum Gasteiger partial charge on any atom is 0.350 e.